The lowest BCUT2D eigenvalue weighted by Crippen LogP contribution is -2.33. The van der Waals surface area contributed by atoms with Gasteiger partial charge in [-0.05, 0) is 44.4 Å². The number of benzene rings is 2. The van der Waals surface area contributed by atoms with Crippen molar-refractivity contribution in [2.45, 2.75) is 58.3 Å². The molecule has 2 aliphatic heterocycles. The fraction of sp³-hybridized carbons (Fsp3) is 0.359. The number of carbonyl (C=O) groups is 1. The summed E-state index contributed by atoms with van der Waals surface area (Å²) in [6, 6.07) is 12.7. The normalized spacial score (nSPS) is 17.0. The number of rotatable bonds is 15. The molecule has 292 valence electrons. The number of nitrogens with one attached hydrogen (secondary N) is 3. The van der Waals surface area contributed by atoms with Crippen LogP contribution in [0.1, 0.15) is 43.3 Å². The van der Waals surface area contributed by atoms with Gasteiger partial charge in [0.05, 0.1) is 51.2 Å². The van der Waals surface area contributed by atoms with E-state index in [2.05, 4.69) is 35.8 Å². The summed E-state index contributed by atoms with van der Waals surface area (Å²) in [6.45, 7) is 2.04. The van der Waals surface area contributed by atoms with Crippen molar-refractivity contribution < 1.29 is 27.8 Å². The highest BCUT2D eigenvalue weighted by atomic mass is 35.5. The summed E-state index contributed by atoms with van der Waals surface area (Å²) in [6.07, 6.45) is 5.91. The third kappa shape index (κ3) is 9.26. The van der Waals surface area contributed by atoms with Crippen LogP contribution in [0.15, 0.2) is 60.6 Å². The minimum Gasteiger partial charge on any atom is -0.466 e. The Morgan fingerprint density at radius 1 is 1.09 bits per heavy atom. The number of aromatic nitrogens is 4. The number of likely N-dealkylation sites (tertiary alicyclic amines) is 1. The van der Waals surface area contributed by atoms with Gasteiger partial charge in [-0.2, -0.15) is 8.78 Å². The topological polar surface area (TPSA) is 143 Å². The Bertz CT molecular complexity index is 2270. The van der Waals surface area contributed by atoms with E-state index in [0.29, 0.717) is 71.5 Å². The molecule has 0 aliphatic carbocycles. The Hall–Kier alpha value is -4.76. The highest BCUT2D eigenvalue weighted by Gasteiger charge is 2.27. The average Bonchev–Trinajstić information content (AvgIpc) is 3.94. The monoisotopic (exact) mass is 822 g/mol. The molecule has 2 aliphatic rings. The molecule has 5 heterocycles. The quantitative estimate of drug-likeness (QED) is 0.0701. The van der Waals surface area contributed by atoms with E-state index in [-0.39, 0.29) is 46.8 Å². The molecule has 5 aromatic rings. The first-order chi connectivity index (χ1) is 27.2. The van der Waals surface area contributed by atoms with Gasteiger partial charge >= 0.3 is 12.6 Å². The SMILES string of the molecule is CCOC(=O)CC1CCN(Cc2nc3c(Nc4cccc(-c5cccc(-c6cnc(CNC[C@@H]7CCC(=C=O)N7)c(OC(F)F)n6)c5Cl)c4Cl)nccc3s2)C1. The number of carbonyl (C=O) groups excluding carboxylic acids is 2. The molecule has 0 radical (unpaired) electrons. The molecule has 0 bridgehead atoms. The number of allylic oxidation sites excluding steroid dienone is 1. The molecular formula is C39H38Cl2F2N8O4S. The number of nitrogens with zero attached hydrogens (tertiary/aromatic N) is 5. The standard InChI is InChI=1S/C39H38Cl2F2N8O4S/c1-2-54-33(53)15-22-12-14-51(19-22)20-32-50-36-31(56-32)11-13-45-37(36)48-28-8-4-6-26(35(28)41)25-5-3-7-27(34(25)40)29-18-46-30(38(49-29)55-39(42)43)17-44-16-23-9-10-24(21-52)47-23/h3-8,11,13,18,22-23,39,44,47H,2,9-10,12,14-17,19-20H2,1H3,(H,45,48)/t22?,23-/m0/s1. The first kappa shape index (κ1) is 39.5. The maximum atomic E-state index is 13.5. The Balaban J connectivity index is 1.08. The highest BCUT2D eigenvalue weighted by molar-refractivity contribution is 7.18. The largest absolute Gasteiger partial charge is 0.466 e. The van der Waals surface area contributed by atoms with Gasteiger partial charge in [-0.1, -0.05) is 53.5 Å². The number of pyridine rings is 1. The summed E-state index contributed by atoms with van der Waals surface area (Å²) in [5.41, 5.74) is 3.89. The van der Waals surface area contributed by atoms with Crippen LogP contribution in [0.5, 0.6) is 5.88 Å². The van der Waals surface area contributed by atoms with Crippen molar-refractivity contribution >= 4 is 68.2 Å². The highest BCUT2D eigenvalue weighted by Crippen LogP contribution is 2.42. The molecule has 7 rings (SSSR count). The predicted octanol–water partition coefficient (Wildman–Crippen LogP) is 7.80. The second kappa shape index (κ2) is 18.0. The van der Waals surface area contributed by atoms with E-state index < -0.39 is 6.61 Å². The third-order valence-electron chi connectivity index (χ3n) is 9.60. The number of thiazole rings is 1. The van der Waals surface area contributed by atoms with Crippen LogP contribution < -0.4 is 20.7 Å². The van der Waals surface area contributed by atoms with Crippen molar-refractivity contribution in [3.63, 3.8) is 0 Å². The summed E-state index contributed by atoms with van der Waals surface area (Å²) in [4.78, 5) is 43.5. The van der Waals surface area contributed by atoms with E-state index in [1.807, 2.05) is 43.2 Å². The number of esters is 1. The molecule has 2 aromatic carbocycles. The van der Waals surface area contributed by atoms with E-state index in [0.717, 1.165) is 41.2 Å². The number of hydrogen-bond donors (Lipinski definition) is 3. The number of anilines is 2. The lowest BCUT2D eigenvalue weighted by molar-refractivity contribution is -0.144. The van der Waals surface area contributed by atoms with Gasteiger partial charge in [0.2, 0.25) is 5.88 Å². The van der Waals surface area contributed by atoms with Gasteiger partial charge in [-0.3, -0.25) is 14.7 Å². The average molecular weight is 824 g/mol. The maximum absolute atomic E-state index is 13.5. The zero-order valence-corrected chi connectivity index (χ0v) is 32.6. The zero-order valence-electron chi connectivity index (χ0n) is 30.3. The van der Waals surface area contributed by atoms with Gasteiger partial charge in [0.25, 0.3) is 0 Å². The van der Waals surface area contributed by atoms with Gasteiger partial charge in [0, 0.05) is 61.4 Å². The van der Waals surface area contributed by atoms with Crippen molar-refractivity contribution in [2.24, 2.45) is 5.92 Å². The minimum absolute atomic E-state index is 0.00995. The van der Waals surface area contributed by atoms with Crippen molar-refractivity contribution in [2.75, 3.05) is 31.6 Å². The summed E-state index contributed by atoms with van der Waals surface area (Å²) in [7, 11) is 0. The van der Waals surface area contributed by atoms with Gasteiger partial charge in [0.1, 0.15) is 22.2 Å². The fourth-order valence-electron chi connectivity index (χ4n) is 6.97. The van der Waals surface area contributed by atoms with E-state index in [4.69, 9.17) is 37.7 Å². The summed E-state index contributed by atoms with van der Waals surface area (Å²) in [5.74, 6) is 2.22. The molecule has 0 saturated carbocycles. The number of halogens is 4. The van der Waals surface area contributed by atoms with Gasteiger partial charge < -0.3 is 25.4 Å². The summed E-state index contributed by atoms with van der Waals surface area (Å²) >= 11 is 15.7. The van der Waals surface area contributed by atoms with E-state index in [9.17, 15) is 18.4 Å². The third-order valence-corrected chi connectivity index (χ3v) is 11.4. The smallest absolute Gasteiger partial charge is 0.388 e. The lowest BCUT2D eigenvalue weighted by atomic mass is 10.0. The van der Waals surface area contributed by atoms with Gasteiger partial charge in [0.15, 0.2) is 5.82 Å². The Morgan fingerprint density at radius 3 is 2.68 bits per heavy atom. The summed E-state index contributed by atoms with van der Waals surface area (Å²) < 4.78 is 37.9. The Kier molecular flexibility index (Phi) is 12.7. The van der Waals surface area contributed by atoms with Crippen LogP contribution in [0, 0.1) is 5.92 Å². The van der Waals surface area contributed by atoms with Crippen LogP contribution in [0.25, 0.3) is 32.6 Å². The molecule has 0 amide bonds. The Labute approximate surface area is 335 Å². The molecule has 0 spiro atoms. The zero-order chi connectivity index (χ0) is 39.2. The first-order valence-corrected chi connectivity index (χ1v) is 19.7. The van der Waals surface area contributed by atoms with Crippen molar-refractivity contribution in [3.8, 4) is 28.3 Å². The minimum atomic E-state index is -3.12. The van der Waals surface area contributed by atoms with Crippen molar-refractivity contribution in [1.29, 1.82) is 0 Å². The molecular weight excluding hydrogens is 785 g/mol. The van der Waals surface area contributed by atoms with E-state index >= 15 is 0 Å². The van der Waals surface area contributed by atoms with E-state index in [1.165, 1.54) is 6.20 Å². The molecule has 1 unspecified atom stereocenters. The number of ether oxygens (including phenoxy) is 2. The predicted molar refractivity (Wildman–Crippen MR) is 212 cm³/mol. The second-order valence-corrected chi connectivity index (χ2v) is 15.3. The molecule has 12 nitrogen and oxygen atoms in total. The maximum Gasteiger partial charge on any atom is 0.388 e. The molecule has 3 N–H and O–H groups in total. The summed E-state index contributed by atoms with van der Waals surface area (Å²) in [5, 5.41) is 11.2. The van der Waals surface area contributed by atoms with Crippen molar-refractivity contribution in [3.05, 3.63) is 81.3 Å². The van der Waals surface area contributed by atoms with Gasteiger partial charge in [-0.25, -0.2) is 19.7 Å². The molecule has 3 aromatic heterocycles. The lowest BCUT2D eigenvalue weighted by Gasteiger charge is -2.16. The molecule has 56 heavy (non-hydrogen) atoms. The number of hydrogen-bond acceptors (Lipinski definition) is 13. The van der Waals surface area contributed by atoms with Crippen LogP contribution in [-0.4, -0.2) is 75.6 Å². The van der Waals surface area contributed by atoms with Crippen LogP contribution in [0.2, 0.25) is 10.0 Å². The Morgan fingerprint density at radius 2 is 1.89 bits per heavy atom. The van der Waals surface area contributed by atoms with Gasteiger partial charge in [-0.15, -0.1) is 11.3 Å². The number of fused-ring (bicyclic) bond motifs is 1. The second-order valence-electron chi connectivity index (χ2n) is 13.4. The van der Waals surface area contributed by atoms with Crippen LogP contribution >= 0.6 is 34.5 Å². The van der Waals surface area contributed by atoms with Crippen LogP contribution in [0.4, 0.5) is 20.3 Å². The van der Waals surface area contributed by atoms with E-state index in [1.54, 1.807) is 29.7 Å². The molecule has 2 atom stereocenters. The van der Waals surface area contributed by atoms with Crippen LogP contribution in [-0.2, 0) is 27.4 Å². The van der Waals surface area contributed by atoms with Crippen molar-refractivity contribution in [1.82, 2.24) is 35.5 Å². The number of alkyl halides is 2. The molecule has 2 saturated heterocycles. The fourth-order valence-corrected chi connectivity index (χ4v) is 8.57. The molecule has 17 heteroatoms. The first-order valence-electron chi connectivity index (χ1n) is 18.2. The molecule has 2 fully saturated rings. The van der Waals surface area contributed by atoms with Crippen LogP contribution in [0.3, 0.4) is 0 Å².